The molecule has 0 spiro atoms. The molecule has 0 bridgehead atoms. The molecule has 136 valence electrons. The molecule has 0 aliphatic heterocycles. The fraction of sp³-hybridized carbons (Fsp3) is 0. The van der Waals surface area contributed by atoms with Gasteiger partial charge in [0.05, 0.1) is 11.3 Å². The summed E-state index contributed by atoms with van der Waals surface area (Å²) in [5.41, 5.74) is 3.62. The van der Waals surface area contributed by atoms with Crippen molar-refractivity contribution in [2.75, 3.05) is 0 Å². The van der Waals surface area contributed by atoms with Crippen molar-refractivity contribution in [2.24, 2.45) is 0 Å². The predicted octanol–water partition coefficient (Wildman–Crippen LogP) is 5.17. The van der Waals surface area contributed by atoms with E-state index >= 15 is 0 Å². The normalized spacial score (nSPS) is 10.5. The van der Waals surface area contributed by atoms with Gasteiger partial charge >= 0.3 is 5.97 Å². The van der Waals surface area contributed by atoms with E-state index in [9.17, 15) is 9.18 Å². The number of rotatable bonds is 4. The number of carbonyl (C=O) groups is 1. The summed E-state index contributed by atoms with van der Waals surface area (Å²) in [6, 6.07) is 26.9. The third kappa shape index (κ3) is 3.78. The molecule has 0 aliphatic rings. The number of halogens is 1. The van der Waals surface area contributed by atoms with Gasteiger partial charge in [0, 0.05) is 11.6 Å². The lowest BCUT2D eigenvalue weighted by Crippen LogP contribution is -2.11. The van der Waals surface area contributed by atoms with Gasteiger partial charge in [0.1, 0.15) is 5.82 Å². The summed E-state index contributed by atoms with van der Waals surface area (Å²) >= 11 is 0. The van der Waals surface area contributed by atoms with Crippen LogP contribution in [-0.4, -0.2) is 16.2 Å². The van der Waals surface area contributed by atoms with Crippen LogP contribution in [0.2, 0.25) is 0 Å². The largest absolute Gasteiger partial charge is 0.402 e. The van der Waals surface area contributed by atoms with Gasteiger partial charge in [0.2, 0.25) is 5.88 Å². The van der Waals surface area contributed by atoms with Gasteiger partial charge in [-0.05, 0) is 29.3 Å². The molecule has 1 aromatic heterocycles. The summed E-state index contributed by atoms with van der Waals surface area (Å²) in [6.45, 7) is 0. The molecule has 0 saturated heterocycles. The Bertz CT molecular complexity index is 1100. The number of hydrogen-bond donors (Lipinski definition) is 0. The van der Waals surface area contributed by atoms with Crippen LogP contribution in [0, 0.1) is 5.82 Å². The number of benzene rings is 3. The van der Waals surface area contributed by atoms with Crippen molar-refractivity contribution >= 4 is 5.97 Å². The van der Waals surface area contributed by atoms with Gasteiger partial charge in [-0.3, -0.25) is 0 Å². The van der Waals surface area contributed by atoms with Crippen molar-refractivity contribution in [3.05, 3.63) is 102 Å². The minimum Gasteiger partial charge on any atom is -0.402 e. The van der Waals surface area contributed by atoms with Crippen LogP contribution in [0.3, 0.4) is 0 Å². The average molecular weight is 370 g/mol. The summed E-state index contributed by atoms with van der Waals surface area (Å²) < 4.78 is 18.7. The van der Waals surface area contributed by atoms with Crippen LogP contribution in [0.1, 0.15) is 10.4 Å². The number of ether oxygens (including phenoxy) is 1. The van der Waals surface area contributed by atoms with Crippen LogP contribution in [0.15, 0.2) is 91.0 Å². The van der Waals surface area contributed by atoms with E-state index in [-0.39, 0.29) is 11.4 Å². The van der Waals surface area contributed by atoms with Crippen LogP contribution in [0.25, 0.3) is 22.4 Å². The highest BCUT2D eigenvalue weighted by Crippen LogP contribution is 2.24. The Morgan fingerprint density at radius 2 is 1.32 bits per heavy atom. The van der Waals surface area contributed by atoms with Crippen molar-refractivity contribution in [3.8, 4) is 28.3 Å². The molecule has 4 rings (SSSR count). The van der Waals surface area contributed by atoms with E-state index in [1.807, 2.05) is 54.6 Å². The molecule has 0 radical (unpaired) electrons. The fourth-order valence-corrected chi connectivity index (χ4v) is 2.77. The van der Waals surface area contributed by atoms with Gasteiger partial charge < -0.3 is 4.74 Å². The first-order valence-corrected chi connectivity index (χ1v) is 8.67. The van der Waals surface area contributed by atoms with E-state index in [1.165, 1.54) is 24.3 Å². The lowest BCUT2D eigenvalue weighted by molar-refractivity contribution is 0.0721. The highest BCUT2D eigenvalue weighted by molar-refractivity contribution is 5.91. The number of nitrogens with zero attached hydrogens (tertiary/aromatic N) is 2. The molecular formula is C23H15FN2O2. The van der Waals surface area contributed by atoms with Gasteiger partial charge in [-0.25, -0.2) is 9.18 Å². The fourth-order valence-electron chi connectivity index (χ4n) is 2.77. The first-order chi connectivity index (χ1) is 13.7. The van der Waals surface area contributed by atoms with E-state index in [0.717, 1.165) is 16.7 Å². The second kappa shape index (κ2) is 7.80. The lowest BCUT2D eigenvalue weighted by atomic mass is 10.0. The molecule has 28 heavy (non-hydrogen) atoms. The molecule has 0 amide bonds. The Morgan fingerprint density at radius 1 is 0.679 bits per heavy atom. The topological polar surface area (TPSA) is 52.1 Å². The zero-order valence-electron chi connectivity index (χ0n) is 14.7. The Hall–Kier alpha value is -3.86. The van der Waals surface area contributed by atoms with Crippen LogP contribution in [0.4, 0.5) is 4.39 Å². The maximum Gasteiger partial charge on any atom is 0.347 e. The van der Waals surface area contributed by atoms with Crippen LogP contribution >= 0.6 is 0 Å². The molecule has 0 atom stereocenters. The molecular weight excluding hydrogens is 355 g/mol. The minimum atomic E-state index is -0.813. The Labute approximate surface area is 161 Å². The summed E-state index contributed by atoms with van der Waals surface area (Å²) in [5, 5.41) is 8.01. The van der Waals surface area contributed by atoms with Gasteiger partial charge in [-0.2, -0.15) is 0 Å². The molecule has 0 fully saturated rings. The summed E-state index contributed by atoms with van der Waals surface area (Å²) in [6.07, 6.45) is 0. The van der Waals surface area contributed by atoms with Crippen molar-refractivity contribution < 1.29 is 13.9 Å². The van der Waals surface area contributed by atoms with Crippen molar-refractivity contribution in [3.63, 3.8) is 0 Å². The minimum absolute atomic E-state index is 0.0120. The maximum absolute atomic E-state index is 13.6. The quantitative estimate of drug-likeness (QED) is 0.465. The molecule has 1 heterocycles. The summed E-state index contributed by atoms with van der Waals surface area (Å²) in [7, 11) is 0. The van der Waals surface area contributed by atoms with Gasteiger partial charge in [0.15, 0.2) is 0 Å². The van der Waals surface area contributed by atoms with Crippen molar-refractivity contribution in [2.45, 2.75) is 0 Å². The first-order valence-electron chi connectivity index (χ1n) is 8.67. The van der Waals surface area contributed by atoms with Gasteiger partial charge in [-0.15, -0.1) is 10.2 Å². The Balaban J connectivity index is 1.49. The van der Waals surface area contributed by atoms with E-state index in [4.69, 9.17) is 4.74 Å². The SMILES string of the molecule is O=C(Oc1ccc(-c2ccc(-c3ccccc3)cc2)nn1)c1ccccc1F. The molecule has 0 N–H and O–H groups in total. The summed E-state index contributed by atoms with van der Waals surface area (Å²) in [4.78, 5) is 12.0. The second-order valence-electron chi connectivity index (χ2n) is 6.07. The number of esters is 1. The maximum atomic E-state index is 13.6. The third-order valence-corrected chi connectivity index (χ3v) is 4.22. The van der Waals surface area contributed by atoms with Crippen LogP contribution < -0.4 is 4.74 Å². The first kappa shape index (κ1) is 17.5. The molecule has 5 heteroatoms. The molecule has 0 saturated carbocycles. The Morgan fingerprint density at radius 3 is 2.00 bits per heavy atom. The van der Waals surface area contributed by atoms with Gasteiger partial charge in [-0.1, -0.05) is 66.7 Å². The van der Waals surface area contributed by atoms with Crippen molar-refractivity contribution in [1.82, 2.24) is 10.2 Å². The second-order valence-corrected chi connectivity index (χ2v) is 6.07. The standard InChI is InChI=1S/C23H15FN2O2/c24-20-9-5-4-8-19(20)23(27)28-22-15-14-21(25-26-22)18-12-10-17(11-13-18)16-6-2-1-3-7-16/h1-15H. The lowest BCUT2D eigenvalue weighted by Gasteiger charge is -2.06. The van der Waals surface area contributed by atoms with E-state index in [1.54, 1.807) is 12.1 Å². The van der Waals surface area contributed by atoms with Crippen molar-refractivity contribution in [1.29, 1.82) is 0 Å². The van der Waals surface area contributed by atoms with E-state index in [0.29, 0.717) is 5.69 Å². The Kier molecular flexibility index (Phi) is 4.89. The smallest absolute Gasteiger partial charge is 0.347 e. The number of hydrogen-bond acceptors (Lipinski definition) is 4. The van der Waals surface area contributed by atoms with Crippen LogP contribution in [0.5, 0.6) is 5.88 Å². The molecule has 0 aliphatic carbocycles. The zero-order chi connectivity index (χ0) is 19.3. The molecule has 0 unspecified atom stereocenters. The highest BCUT2D eigenvalue weighted by Gasteiger charge is 2.14. The molecule has 4 nitrogen and oxygen atoms in total. The number of carbonyl (C=O) groups excluding carboxylic acids is 1. The number of aromatic nitrogens is 2. The molecule has 3 aromatic carbocycles. The third-order valence-electron chi connectivity index (χ3n) is 4.22. The monoisotopic (exact) mass is 370 g/mol. The van der Waals surface area contributed by atoms with E-state index in [2.05, 4.69) is 10.2 Å². The highest BCUT2D eigenvalue weighted by atomic mass is 19.1. The van der Waals surface area contributed by atoms with Gasteiger partial charge in [0.25, 0.3) is 0 Å². The predicted molar refractivity (Wildman–Crippen MR) is 104 cm³/mol. The average Bonchev–Trinajstić information content (AvgIpc) is 2.75. The molecule has 4 aromatic rings. The van der Waals surface area contributed by atoms with Crippen LogP contribution in [-0.2, 0) is 0 Å². The zero-order valence-corrected chi connectivity index (χ0v) is 14.7. The summed E-state index contributed by atoms with van der Waals surface area (Å²) in [5.74, 6) is -1.44. The van der Waals surface area contributed by atoms with E-state index < -0.39 is 11.8 Å².